The van der Waals surface area contributed by atoms with Crippen molar-refractivity contribution >= 4 is 17.7 Å². The molecule has 146 valence electrons. The maximum atomic E-state index is 12.5. The number of halogens is 3. The highest BCUT2D eigenvalue weighted by Gasteiger charge is 2.30. The SMILES string of the molecule is COc1ccc(OC)c(C(C)NC(=O)CSc2ccc(C(F)(F)F)cn2)c1. The molecule has 0 spiro atoms. The number of benzene rings is 1. The van der Waals surface area contributed by atoms with Crippen molar-refractivity contribution in [1.82, 2.24) is 10.3 Å². The van der Waals surface area contributed by atoms with Crippen molar-refractivity contribution in [2.75, 3.05) is 20.0 Å². The molecular weight excluding hydrogens is 381 g/mol. The molecule has 1 atom stereocenters. The number of methoxy groups -OCH3 is 2. The highest BCUT2D eigenvalue weighted by molar-refractivity contribution is 7.99. The summed E-state index contributed by atoms with van der Waals surface area (Å²) in [6, 6.07) is 7.12. The molecule has 1 N–H and O–H groups in total. The lowest BCUT2D eigenvalue weighted by Crippen LogP contribution is -2.28. The summed E-state index contributed by atoms with van der Waals surface area (Å²) in [7, 11) is 3.08. The minimum atomic E-state index is -4.43. The van der Waals surface area contributed by atoms with E-state index in [2.05, 4.69) is 10.3 Å². The number of ether oxygens (including phenoxy) is 2. The number of alkyl halides is 3. The average molecular weight is 400 g/mol. The van der Waals surface area contributed by atoms with Gasteiger partial charge < -0.3 is 14.8 Å². The second kappa shape index (κ2) is 8.98. The molecule has 0 aliphatic carbocycles. The van der Waals surface area contributed by atoms with Gasteiger partial charge in [0.25, 0.3) is 0 Å². The first kappa shape index (κ1) is 20.9. The Morgan fingerprint density at radius 1 is 1.22 bits per heavy atom. The number of carbonyl (C=O) groups excluding carboxylic acids is 1. The van der Waals surface area contributed by atoms with E-state index in [1.807, 2.05) is 0 Å². The number of amides is 1. The number of nitrogens with zero attached hydrogens (tertiary/aromatic N) is 1. The number of nitrogens with one attached hydrogen (secondary N) is 1. The molecule has 9 heteroatoms. The number of hydrogen-bond acceptors (Lipinski definition) is 5. The van der Waals surface area contributed by atoms with Crippen LogP contribution in [0.2, 0.25) is 0 Å². The van der Waals surface area contributed by atoms with Crippen LogP contribution in [0, 0.1) is 0 Å². The predicted octanol–water partition coefficient (Wildman–Crippen LogP) is 4.09. The van der Waals surface area contributed by atoms with Gasteiger partial charge in [-0.3, -0.25) is 4.79 Å². The smallest absolute Gasteiger partial charge is 0.417 e. The molecule has 0 saturated carbocycles. The van der Waals surface area contributed by atoms with Crippen LogP contribution in [0.3, 0.4) is 0 Å². The highest BCUT2D eigenvalue weighted by atomic mass is 32.2. The average Bonchev–Trinajstić information content (AvgIpc) is 2.65. The van der Waals surface area contributed by atoms with Crippen LogP contribution in [-0.4, -0.2) is 30.9 Å². The van der Waals surface area contributed by atoms with Crippen LogP contribution in [0.5, 0.6) is 11.5 Å². The van der Waals surface area contributed by atoms with Crippen molar-refractivity contribution in [3.8, 4) is 11.5 Å². The third-order valence-electron chi connectivity index (χ3n) is 3.70. The van der Waals surface area contributed by atoms with Crippen LogP contribution < -0.4 is 14.8 Å². The molecule has 0 fully saturated rings. The number of rotatable bonds is 7. The summed E-state index contributed by atoms with van der Waals surface area (Å²) in [5.74, 6) is 0.990. The summed E-state index contributed by atoms with van der Waals surface area (Å²) < 4.78 is 48.1. The van der Waals surface area contributed by atoms with E-state index in [9.17, 15) is 18.0 Å². The molecule has 0 bridgehead atoms. The van der Waals surface area contributed by atoms with Crippen LogP contribution >= 0.6 is 11.8 Å². The molecule has 0 aliphatic heterocycles. The van der Waals surface area contributed by atoms with Crippen molar-refractivity contribution in [2.45, 2.75) is 24.2 Å². The Labute approximate surface area is 159 Å². The Balaban J connectivity index is 1.95. The first-order valence-corrected chi connectivity index (χ1v) is 8.90. The van der Waals surface area contributed by atoms with E-state index < -0.39 is 11.7 Å². The molecule has 1 heterocycles. The normalized spacial score (nSPS) is 12.4. The van der Waals surface area contributed by atoms with Crippen molar-refractivity contribution < 1.29 is 27.4 Å². The maximum Gasteiger partial charge on any atom is 0.417 e. The molecule has 1 aromatic carbocycles. The number of carbonyl (C=O) groups is 1. The third-order valence-corrected chi connectivity index (χ3v) is 4.64. The Hall–Kier alpha value is -2.42. The maximum absolute atomic E-state index is 12.5. The molecule has 2 rings (SSSR count). The van der Waals surface area contributed by atoms with Gasteiger partial charge in [0, 0.05) is 11.8 Å². The minimum Gasteiger partial charge on any atom is -0.497 e. The van der Waals surface area contributed by atoms with E-state index in [4.69, 9.17) is 9.47 Å². The zero-order valence-corrected chi connectivity index (χ0v) is 15.8. The lowest BCUT2D eigenvalue weighted by atomic mass is 10.1. The van der Waals surface area contributed by atoms with Gasteiger partial charge in [-0.1, -0.05) is 11.8 Å². The number of thioether (sulfide) groups is 1. The molecule has 2 aromatic rings. The number of pyridine rings is 1. The zero-order chi connectivity index (χ0) is 20.0. The fraction of sp³-hybridized carbons (Fsp3) is 0.333. The molecule has 0 radical (unpaired) electrons. The first-order valence-electron chi connectivity index (χ1n) is 7.92. The molecule has 0 aliphatic rings. The summed E-state index contributed by atoms with van der Waals surface area (Å²) in [5.41, 5.74) is -0.0714. The van der Waals surface area contributed by atoms with E-state index in [1.165, 1.54) is 13.2 Å². The van der Waals surface area contributed by atoms with Crippen LogP contribution in [0.15, 0.2) is 41.6 Å². The summed E-state index contributed by atoms with van der Waals surface area (Å²) in [6.45, 7) is 1.80. The van der Waals surface area contributed by atoms with Gasteiger partial charge in [0.05, 0.1) is 36.6 Å². The van der Waals surface area contributed by atoms with Gasteiger partial charge in [0.2, 0.25) is 5.91 Å². The predicted molar refractivity (Wildman–Crippen MR) is 96.1 cm³/mol. The Kier molecular flexibility index (Phi) is 6.95. The third kappa shape index (κ3) is 5.78. The summed E-state index contributed by atoms with van der Waals surface area (Å²) in [5, 5.41) is 3.16. The van der Waals surface area contributed by atoms with Crippen molar-refractivity contribution in [2.24, 2.45) is 0 Å². The standard InChI is InChI=1S/C18H19F3N2O3S/c1-11(14-8-13(25-2)5-6-15(14)26-3)23-16(24)10-27-17-7-4-12(9-22-17)18(19,20)21/h4-9,11H,10H2,1-3H3,(H,23,24). The minimum absolute atomic E-state index is 0.0228. The van der Waals surface area contributed by atoms with Gasteiger partial charge in [-0.2, -0.15) is 13.2 Å². The number of hydrogen-bond donors (Lipinski definition) is 1. The van der Waals surface area contributed by atoms with Gasteiger partial charge in [0.15, 0.2) is 0 Å². The second-order valence-corrected chi connectivity index (χ2v) is 6.56. The first-order chi connectivity index (χ1) is 12.7. The molecule has 1 aromatic heterocycles. The lowest BCUT2D eigenvalue weighted by molar-refractivity contribution is -0.137. The second-order valence-electron chi connectivity index (χ2n) is 5.57. The molecule has 1 unspecified atom stereocenters. The zero-order valence-electron chi connectivity index (χ0n) is 15.0. The summed E-state index contributed by atoms with van der Waals surface area (Å²) in [6.07, 6.45) is -3.68. The Bertz CT molecular complexity index is 782. The van der Waals surface area contributed by atoms with E-state index in [0.717, 1.165) is 29.6 Å². The lowest BCUT2D eigenvalue weighted by Gasteiger charge is -2.18. The van der Waals surface area contributed by atoms with Crippen LogP contribution in [0.25, 0.3) is 0 Å². The van der Waals surface area contributed by atoms with E-state index in [-0.39, 0.29) is 17.7 Å². The molecular formula is C18H19F3N2O3S. The van der Waals surface area contributed by atoms with Crippen molar-refractivity contribution in [3.05, 3.63) is 47.7 Å². The molecule has 5 nitrogen and oxygen atoms in total. The largest absolute Gasteiger partial charge is 0.497 e. The van der Waals surface area contributed by atoms with Gasteiger partial charge >= 0.3 is 6.18 Å². The van der Waals surface area contributed by atoms with Crippen molar-refractivity contribution in [1.29, 1.82) is 0 Å². The highest BCUT2D eigenvalue weighted by Crippen LogP contribution is 2.30. The van der Waals surface area contributed by atoms with E-state index >= 15 is 0 Å². The molecule has 27 heavy (non-hydrogen) atoms. The fourth-order valence-electron chi connectivity index (χ4n) is 2.31. The molecule has 0 saturated heterocycles. The van der Waals surface area contributed by atoms with Crippen LogP contribution in [-0.2, 0) is 11.0 Å². The van der Waals surface area contributed by atoms with E-state index in [1.54, 1.807) is 32.2 Å². The quantitative estimate of drug-likeness (QED) is 0.710. The van der Waals surface area contributed by atoms with E-state index in [0.29, 0.717) is 16.5 Å². The fourth-order valence-corrected chi connectivity index (χ4v) is 2.97. The summed E-state index contributed by atoms with van der Waals surface area (Å²) >= 11 is 1.06. The topological polar surface area (TPSA) is 60.5 Å². The van der Waals surface area contributed by atoms with Crippen LogP contribution in [0.1, 0.15) is 24.1 Å². The summed E-state index contributed by atoms with van der Waals surface area (Å²) in [4.78, 5) is 15.9. The van der Waals surface area contributed by atoms with Gasteiger partial charge in [-0.25, -0.2) is 4.98 Å². The van der Waals surface area contributed by atoms with Crippen molar-refractivity contribution in [3.63, 3.8) is 0 Å². The number of aromatic nitrogens is 1. The molecule has 1 amide bonds. The Morgan fingerprint density at radius 3 is 2.52 bits per heavy atom. The van der Waals surface area contributed by atoms with Gasteiger partial charge in [0.1, 0.15) is 11.5 Å². The Morgan fingerprint density at radius 2 is 1.96 bits per heavy atom. The van der Waals surface area contributed by atoms with Gasteiger partial charge in [-0.15, -0.1) is 0 Å². The van der Waals surface area contributed by atoms with Crippen LogP contribution in [0.4, 0.5) is 13.2 Å². The monoisotopic (exact) mass is 400 g/mol. The van der Waals surface area contributed by atoms with Gasteiger partial charge in [-0.05, 0) is 37.3 Å².